The molecule has 2 aromatic rings. The van der Waals surface area contributed by atoms with Crippen molar-refractivity contribution in [3.8, 4) is 11.5 Å². The maximum absolute atomic E-state index is 12.7. The van der Waals surface area contributed by atoms with E-state index < -0.39 is 18.1 Å². The molecule has 0 spiro atoms. The molecule has 9 heteroatoms. The molecule has 0 radical (unpaired) electrons. The molecule has 0 aliphatic carbocycles. The number of benzene rings is 2. The van der Waals surface area contributed by atoms with Crippen LogP contribution in [0.5, 0.6) is 11.5 Å². The van der Waals surface area contributed by atoms with Crippen LogP contribution in [0.2, 0.25) is 0 Å². The van der Waals surface area contributed by atoms with Crippen LogP contribution in [-0.4, -0.2) is 42.6 Å². The maximum Gasteiger partial charge on any atom is 0.412 e. The molecule has 0 unspecified atom stereocenters. The van der Waals surface area contributed by atoms with Crippen LogP contribution in [0, 0.1) is 5.92 Å². The van der Waals surface area contributed by atoms with Crippen LogP contribution < -0.4 is 20.3 Å². The van der Waals surface area contributed by atoms with Gasteiger partial charge in [0.15, 0.2) is 0 Å². The third kappa shape index (κ3) is 8.61. The molecule has 2 atom stereocenters. The summed E-state index contributed by atoms with van der Waals surface area (Å²) in [5.74, 6) is 0.333. The summed E-state index contributed by atoms with van der Waals surface area (Å²) in [5.41, 5.74) is 3.43. The summed E-state index contributed by atoms with van der Waals surface area (Å²) in [6.45, 7) is 3.66. The molecule has 9 nitrogen and oxygen atoms in total. The lowest BCUT2D eigenvalue weighted by atomic mass is 9.96. The highest BCUT2D eigenvalue weighted by atomic mass is 16.6. The van der Waals surface area contributed by atoms with Crippen molar-refractivity contribution in [2.75, 3.05) is 25.6 Å². The first-order valence-corrected chi connectivity index (χ1v) is 10.6. The molecule has 182 valence electrons. The Morgan fingerprint density at radius 1 is 1.06 bits per heavy atom. The molecule has 2 rings (SSSR count). The molecule has 0 saturated carbocycles. The lowest BCUT2D eigenvalue weighted by Gasteiger charge is -2.23. The van der Waals surface area contributed by atoms with Gasteiger partial charge in [-0.15, -0.1) is 0 Å². The number of anilines is 1. The number of methoxy groups -OCH3 is 1. The number of ether oxygens (including phenoxy) is 3. The molecule has 2 aromatic carbocycles. The number of amides is 2. The normalized spacial score (nSPS) is 13.1. The van der Waals surface area contributed by atoms with Gasteiger partial charge in [0.1, 0.15) is 24.2 Å². The fourth-order valence-electron chi connectivity index (χ4n) is 3.02. The van der Waals surface area contributed by atoms with Crippen LogP contribution in [-0.2, 0) is 9.53 Å². The van der Waals surface area contributed by atoms with Crippen LogP contribution in [0.15, 0.2) is 72.3 Å². The minimum absolute atomic E-state index is 0.0952. The van der Waals surface area contributed by atoms with Gasteiger partial charge in [-0.1, -0.05) is 31.2 Å². The van der Waals surface area contributed by atoms with Crippen LogP contribution in [0.3, 0.4) is 0 Å². The number of rotatable bonds is 11. The predicted octanol–water partition coefficient (Wildman–Crippen LogP) is 4.00. The van der Waals surface area contributed by atoms with Crippen LogP contribution in [0.25, 0.3) is 0 Å². The Labute approximate surface area is 198 Å². The van der Waals surface area contributed by atoms with Crippen molar-refractivity contribution in [1.82, 2.24) is 5.48 Å². The smallest absolute Gasteiger partial charge is 0.412 e. The fourth-order valence-corrected chi connectivity index (χ4v) is 3.02. The highest BCUT2D eigenvalue weighted by Gasteiger charge is 2.22. The SMILES string of the molecule is COc1ccc(NC(=O)O[C@@H](c2ccc(OCCO)cc2)[C@H](C)/C=C/C(C)=C/C(=O)NO)cc1. The van der Waals surface area contributed by atoms with Crippen LogP contribution >= 0.6 is 0 Å². The molecule has 0 aliphatic heterocycles. The predicted molar refractivity (Wildman–Crippen MR) is 127 cm³/mol. The number of aliphatic hydroxyl groups excluding tert-OH is 1. The first-order valence-electron chi connectivity index (χ1n) is 10.6. The van der Waals surface area contributed by atoms with E-state index in [1.165, 1.54) is 6.08 Å². The number of hydroxylamine groups is 1. The van der Waals surface area contributed by atoms with Gasteiger partial charge in [-0.2, -0.15) is 0 Å². The lowest BCUT2D eigenvalue weighted by molar-refractivity contribution is -0.124. The van der Waals surface area contributed by atoms with E-state index in [1.54, 1.807) is 80.2 Å². The minimum atomic E-state index is -0.652. The fraction of sp³-hybridized carbons (Fsp3) is 0.280. The number of carbonyl (C=O) groups excluding carboxylic acids is 2. The second kappa shape index (κ2) is 13.7. The summed E-state index contributed by atoms with van der Waals surface area (Å²) in [6.07, 6.45) is 3.46. The summed E-state index contributed by atoms with van der Waals surface area (Å²) >= 11 is 0. The molecule has 0 fully saturated rings. The summed E-state index contributed by atoms with van der Waals surface area (Å²) < 4.78 is 16.3. The zero-order valence-electron chi connectivity index (χ0n) is 19.4. The molecule has 0 heterocycles. The molecule has 0 saturated heterocycles. The Kier molecular flexibility index (Phi) is 10.6. The molecule has 34 heavy (non-hydrogen) atoms. The molecule has 0 aromatic heterocycles. The van der Waals surface area contributed by atoms with E-state index in [0.29, 0.717) is 22.8 Å². The monoisotopic (exact) mass is 470 g/mol. The second-order valence-corrected chi connectivity index (χ2v) is 7.40. The van der Waals surface area contributed by atoms with E-state index >= 15 is 0 Å². The van der Waals surface area contributed by atoms with Gasteiger partial charge < -0.3 is 19.3 Å². The van der Waals surface area contributed by atoms with Gasteiger partial charge in [0.2, 0.25) is 0 Å². The summed E-state index contributed by atoms with van der Waals surface area (Å²) in [4.78, 5) is 24.0. The number of allylic oxidation sites excluding steroid dienone is 2. The molecule has 2 amide bonds. The van der Waals surface area contributed by atoms with Crippen molar-refractivity contribution < 1.29 is 34.1 Å². The molecule has 0 aliphatic rings. The second-order valence-electron chi connectivity index (χ2n) is 7.40. The first-order chi connectivity index (χ1) is 16.4. The highest BCUT2D eigenvalue weighted by Crippen LogP contribution is 2.30. The summed E-state index contributed by atoms with van der Waals surface area (Å²) in [5, 5.41) is 20.3. The molecular weight excluding hydrogens is 440 g/mol. The number of nitrogens with one attached hydrogen (secondary N) is 2. The van der Waals surface area contributed by atoms with E-state index in [-0.39, 0.29) is 19.1 Å². The Bertz CT molecular complexity index is 985. The van der Waals surface area contributed by atoms with Gasteiger partial charge in [0, 0.05) is 17.7 Å². The standard InChI is InChI=1S/C25H30N2O7/c1-17(16-23(29)27-31)4-5-18(2)24(19-6-10-22(11-7-19)33-15-14-28)34-25(30)26-20-8-12-21(32-3)13-9-20/h4-13,16,18,24,28,31H,14-15H2,1-3H3,(H,26,30)(H,27,29)/b5-4+,17-16+/t18-,24-/m1/s1. The third-order valence-corrected chi connectivity index (χ3v) is 4.75. The minimum Gasteiger partial charge on any atom is -0.497 e. The third-order valence-electron chi connectivity index (χ3n) is 4.75. The van der Waals surface area contributed by atoms with Crippen molar-refractivity contribution in [2.45, 2.75) is 20.0 Å². The number of carbonyl (C=O) groups is 2. The lowest BCUT2D eigenvalue weighted by Crippen LogP contribution is -2.21. The molecular formula is C25H30N2O7. The first kappa shape index (κ1) is 26.4. The molecule has 0 bridgehead atoms. The highest BCUT2D eigenvalue weighted by molar-refractivity contribution is 5.87. The van der Waals surface area contributed by atoms with E-state index in [0.717, 1.165) is 5.56 Å². The van der Waals surface area contributed by atoms with Crippen LogP contribution in [0.1, 0.15) is 25.5 Å². The van der Waals surface area contributed by atoms with Gasteiger partial charge in [0.05, 0.1) is 13.7 Å². The van der Waals surface area contributed by atoms with E-state index in [2.05, 4.69) is 5.32 Å². The van der Waals surface area contributed by atoms with E-state index in [1.807, 2.05) is 6.92 Å². The van der Waals surface area contributed by atoms with Gasteiger partial charge in [-0.25, -0.2) is 10.3 Å². The number of hydrogen-bond donors (Lipinski definition) is 4. The Hall–Kier alpha value is -3.82. The van der Waals surface area contributed by atoms with Crippen molar-refractivity contribution in [3.05, 3.63) is 77.9 Å². The number of aliphatic hydroxyl groups is 1. The topological polar surface area (TPSA) is 126 Å². The summed E-state index contributed by atoms with van der Waals surface area (Å²) in [6, 6.07) is 13.9. The Morgan fingerprint density at radius 3 is 2.29 bits per heavy atom. The van der Waals surface area contributed by atoms with Gasteiger partial charge in [-0.05, 0) is 54.5 Å². The number of hydrogen-bond acceptors (Lipinski definition) is 7. The maximum atomic E-state index is 12.7. The average Bonchev–Trinajstić information content (AvgIpc) is 2.85. The van der Waals surface area contributed by atoms with Crippen molar-refractivity contribution >= 4 is 17.7 Å². The van der Waals surface area contributed by atoms with Gasteiger partial charge >= 0.3 is 6.09 Å². The zero-order chi connectivity index (χ0) is 24.9. The zero-order valence-corrected chi connectivity index (χ0v) is 19.4. The van der Waals surface area contributed by atoms with Crippen molar-refractivity contribution in [3.63, 3.8) is 0 Å². The quantitative estimate of drug-likeness (QED) is 0.169. The van der Waals surface area contributed by atoms with Gasteiger partial charge in [-0.3, -0.25) is 15.3 Å². The Morgan fingerprint density at radius 2 is 1.71 bits per heavy atom. The summed E-state index contributed by atoms with van der Waals surface area (Å²) in [7, 11) is 1.56. The van der Waals surface area contributed by atoms with Crippen molar-refractivity contribution in [2.24, 2.45) is 5.92 Å². The molecule has 4 N–H and O–H groups in total. The van der Waals surface area contributed by atoms with E-state index in [9.17, 15) is 9.59 Å². The Balaban J connectivity index is 2.20. The van der Waals surface area contributed by atoms with Crippen molar-refractivity contribution in [1.29, 1.82) is 0 Å². The van der Waals surface area contributed by atoms with E-state index in [4.69, 9.17) is 24.5 Å². The van der Waals surface area contributed by atoms with Crippen LogP contribution in [0.4, 0.5) is 10.5 Å². The average molecular weight is 471 g/mol. The largest absolute Gasteiger partial charge is 0.497 e. The van der Waals surface area contributed by atoms with Gasteiger partial charge in [0.25, 0.3) is 5.91 Å².